The van der Waals surface area contributed by atoms with Crippen molar-refractivity contribution in [3.8, 4) is 6.07 Å². The first-order valence-corrected chi connectivity index (χ1v) is 4.77. The summed E-state index contributed by atoms with van der Waals surface area (Å²) in [6.07, 6.45) is 0. The molecule has 0 spiro atoms. The smallest absolute Gasteiger partial charge is 0.251 e. The van der Waals surface area contributed by atoms with Crippen molar-refractivity contribution in [3.05, 3.63) is 29.6 Å². The summed E-state index contributed by atoms with van der Waals surface area (Å²) >= 11 is 0. The van der Waals surface area contributed by atoms with E-state index >= 15 is 0 Å². The van der Waals surface area contributed by atoms with E-state index in [4.69, 9.17) is 11.0 Å². The van der Waals surface area contributed by atoms with Gasteiger partial charge < -0.3 is 11.1 Å². The van der Waals surface area contributed by atoms with Gasteiger partial charge in [0.1, 0.15) is 5.82 Å². The Hall–Kier alpha value is -2.09. The first kappa shape index (κ1) is 12.0. The summed E-state index contributed by atoms with van der Waals surface area (Å²) in [4.78, 5) is 11.5. The molecule has 1 unspecified atom stereocenters. The van der Waals surface area contributed by atoms with Gasteiger partial charge in [0, 0.05) is 12.1 Å². The summed E-state index contributed by atoms with van der Waals surface area (Å²) in [5, 5.41) is 11.0. The number of carbonyl (C=O) groups is 1. The lowest BCUT2D eigenvalue weighted by molar-refractivity contribution is 0.0950. The quantitative estimate of drug-likeness (QED) is 0.755. The zero-order valence-corrected chi connectivity index (χ0v) is 8.83. The lowest BCUT2D eigenvalue weighted by Crippen LogP contribution is -2.27. The van der Waals surface area contributed by atoms with Crippen molar-refractivity contribution >= 4 is 11.6 Å². The molecule has 5 heteroatoms. The van der Waals surface area contributed by atoms with Gasteiger partial charge in [-0.1, -0.05) is 0 Å². The fourth-order valence-corrected chi connectivity index (χ4v) is 1.06. The zero-order chi connectivity index (χ0) is 12.1. The number of nitrogens with one attached hydrogen (secondary N) is 1. The van der Waals surface area contributed by atoms with Crippen LogP contribution in [0.3, 0.4) is 0 Å². The molecular formula is C11H12FN3O. The monoisotopic (exact) mass is 221 g/mol. The number of nitrogen functional groups attached to an aromatic ring is 1. The van der Waals surface area contributed by atoms with E-state index in [9.17, 15) is 9.18 Å². The average molecular weight is 221 g/mol. The number of anilines is 1. The van der Waals surface area contributed by atoms with E-state index in [1.807, 2.05) is 6.07 Å². The molecule has 1 rings (SSSR count). The van der Waals surface area contributed by atoms with Crippen LogP contribution in [0, 0.1) is 23.1 Å². The number of hydrogen-bond acceptors (Lipinski definition) is 3. The Bertz CT molecular complexity index is 439. The van der Waals surface area contributed by atoms with Gasteiger partial charge in [-0.05, 0) is 25.1 Å². The fourth-order valence-electron chi connectivity index (χ4n) is 1.06. The van der Waals surface area contributed by atoms with Crippen molar-refractivity contribution < 1.29 is 9.18 Å². The van der Waals surface area contributed by atoms with Crippen LogP contribution in [0.1, 0.15) is 17.3 Å². The average Bonchev–Trinajstić information content (AvgIpc) is 2.29. The number of nitriles is 1. The molecule has 1 amide bonds. The van der Waals surface area contributed by atoms with Crippen LogP contribution >= 0.6 is 0 Å². The maximum atomic E-state index is 13.0. The van der Waals surface area contributed by atoms with Gasteiger partial charge in [-0.3, -0.25) is 4.79 Å². The van der Waals surface area contributed by atoms with Crippen molar-refractivity contribution in [2.75, 3.05) is 12.3 Å². The topological polar surface area (TPSA) is 78.9 Å². The number of halogens is 1. The highest BCUT2D eigenvalue weighted by Gasteiger charge is 2.09. The first-order valence-electron chi connectivity index (χ1n) is 4.77. The second-order valence-corrected chi connectivity index (χ2v) is 3.48. The van der Waals surface area contributed by atoms with Crippen LogP contribution in [0.2, 0.25) is 0 Å². The summed E-state index contributed by atoms with van der Waals surface area (Å²) < 4.78 is 13.0. The van der Waals surface area contributed by atoms with Crippen molar-refractivity contribution in [1.29, 1.82) is 5.26 Å². The largest absolute Gasteiger partial charge is 0.396 e. The SMILES string of the molecule is CC(C#N)CNC(=O)c1ccc(N)c(F)c1. The Morgan fingerprint density at radius 1 is 1.69 bits per heavy atom. The number of nitrogens with zero attached hydrogens (tertiary/aromatic N) is 1. The van der Waals surface area contributed by atoms with Gasteiger partial charge in [-0.25, -0.2) is 4.39 Å². The van der Waals surface area contributed by atoms with E-state index in [1.54, 1.807) is 6.92 Å². The van der Waals surface area contributed by atoms with Crippen molar-refractivity contribution in [3.63, 3.8) is 0 Å². The molecule has 0 aliphatic carbocycles. The Kier molecular flexibility index (Phi) is 3.84. The van der Waals surface area contributed by atoms with E-state index in [1.165, 1.54) is 12.1 Å². The maximum absolute atomic E-state index is 13.0. The third kappa shape index (κ3) is 2.95. The first-order chi connectivity index (χ1) is 7.54. The van der Waals surface area contributed by atoms with Crippen LogP contribution in [0.15, 0.2) is 18.2 Å². The third-order valence-electron chi connectivity index (χ3n) is 2.05. The minimum atomic E-state index is -0.624. The molecule has 0 aliphatic heterocycles. The molecule has 0 fully saturated rings. The molecule has 3 N–H and O–H groups in total. The second-order valence-electron chi connectivity index (χ2n) is 3.48. The number of hydrogen-bond donors (Lipinski definition) is 2. The normalized spacial score (nSPS) is 11.6. The van der Waals surface area contributed by atoms with E-state index < -0.39 is 11.7 Å². The van der Waals surface area contributed by atoms with E-state index in [-0.39, 0.29) is 23.7 Å². The third-order valence-corrected chi connectivity index (χ3v) is 2.05. The molecule has 0 saturated carbocycles. The van der Waals surface area contributed by atoms with E-state index in [0.717, 1.165) is 6.07 Å². The van der Waals surface area contributed by atoms with Crippen molar-refractivity contribution in [2.45, 2.75) is 6.92 Å². The summed E-state index contributed by atoms with van der Waals surface area (Å²) in [6, 6.07) is 5.82. The Labute approximate surface area is 92.9 Å². The van der Waals surface area contributed by atoms with Crippen LogP contribution in [0.4, 0.5) is 10.1 Å². The highest BCUT2D eigenvalue weighted by Crippen LogP contribution is 2.11. The Balaban J connectivity index is 2.67. The molecule has 0 saturated heterocycles. The standard InChI is InChI=1S/C11H12FN3O/c1-7(5-13)6-15-11(16)8-2-3-10(14)9(12)4-8/h2-4,7H,6,14H2,1H3,(H,15,16). The van der Waals surface area contributed by atoms with Crippen LogP contribution in [0.5, 0.6) is 0 Å². The van der Waals surface area contributed by atoms with Crippen molar-refractivity contribution in [2.24, 2.45) is 5.92 Å². The predicted molar refractivity (Wildman–Crippen MR) is 57.9 cm³/mol. The molecule has 0 bridgehead atoms. The van der Waals surface area contributed by atoms with Crippen LogP contribution in [-0.2, 0) is 0 Å². The van der Waals surface area contributed by atoms with Gasteiger partial charge in [-0.15, -0.1) is 0 Å². The van der Waals surface area contributed by atoms with Crippen LogP contribution in [-0.4, -0.2) is 12.5 Å². The molecule has 0 aromatic heterocycles. The summed E-state index contributed by atoms with van der Waals surface area (Å²) in [5.41, 5.74) is 5.48. The molecular weight excluding hydrogens is 209 g/mol. The van der Waals surface area contributed by atoms with Gasteiger partial charge in [0.2, 0.25) is 0 Å². The summed E-state index contributed by atoms with van der Waals surface area (Å²) in [5.74, 6) is -1.32. The van der Waals surface area contributed by atoms with Gasteiger partial charge in [0.05, 0.1) is 17.7 Å². The van der Waals surface area contributed by atoms with Gasteiger partial charge in [0.15, 0.2) is 0 Å². The summed E-state index contributed by atoms with van der Waals surface area (Å²) in [7, 11) is 0. The number of benzene rings is 1. The lowest BCUT2D eigenvalue weighted by Gasteiger charge is -2.06. The van der Waals surface area contributed by atoms with Gasteiger partial charge in [0.25, 0.3) is 5.91 Å². The fraction of sp³-hybridized carbons (Fsp3) is 0.273. The predicted octanol–water partition coefficient (Wildman–Crippen LogP) is 1.30. The van der Waals surface area contributed by atoms with Gasteiger partial charge >= 0.3 is 0 Å². The lowest BCUT2D eigenvalue weighted by atomic mass is 10.1. The molecule has 4 nitrogen and oxygen atoms in total. The molecule has 0 radical (unpaired) electrons. The second kappa shape index (κ2) is 5.12. The molecule has 0 aliphatic rings. The highest BCUT2D eigenvalue weighted by molar-refractivity contribution is 5.94. The van der Waals surface area contributed by atoms with Gasteiger partial charge in [-0.2, -0.15) is 5.26 Å². The number of amides is 1. The van der Waals surface area contributed by atoms with Crippen LogP contribution in [0.25, 0.3) is 0 Å². The number of nitrogens with two attached hydrogens (primary N) is 1. The minimum absolute atomic E-state index is 0.00180. The summed E-state index contributed by atoms with van der Waals surface area (Å²) in [6.45, 7) is 1.92. The minimum Gasteiger partial charge on any atom is -0.396 e. The molecule has 1 atom stereocenters. The molecule has 1 aromatic rings. The number of carbonyl (C=O) groups excluding carboxylic acids is 1. The molecule has 16 heavy (non-hydrogen) atoms. The van der Waals surface area contributed by atoms with Crippen LogP contribution < -0.4 is 11.1 Å². The maximum Gasteiger partial charge on any atom is 0.251 e. The zero-order valence-electron chi connectivity index (χ0n) is 8.83. The van der Waals surface area contributed by atoms with E-state index in [2.05, 4.69) is 5.32 Å². The molecule has 1 aromatic carbocycles. The highest BCUT2D eigenvalue weighted by atomic mass is 19.1. The number of rotatable bonds is 3. The Morgan fingerprint density at radius 2 is 2.38 bits per heavy atom. The van der Waals surface area contributed by atoms with E-state index in [0.29, 0.717) is 0 Å². The molecule has 84 valence electrons. The Morgan fingerprint density at radius 3 is 2.94 bits per heavy atom. The molecule has 0 heterocycles. The van der Waals surface area contributed by atoms with Crippen molar-refractivity contribution in [1.82, 2.24) is 5.32 Å².